The van der Waals surface area contributed by atoms with Crippen LogP contribution < -0.4 is 15.4 Å². The van der Waals surface area contributed by atoms with E-state index in [9.17, 15) is 18.0 Å². The summed E-state index contributed by atoms with van der Waals surface area (Å²) in [5, 5.41) is 5.57. The third-order valence-corrected chi connectivity index (χ3v) is 5.73. The van der Waals surface area contributed by atoms with Crippen LogP contribution in [0.15, 0.2) is 52.1 Å². The molecular formula is C21H17BrF3N3O2S. The average molecular weight is 512 g/mol. The number of pyridine rings is 1. The maximum Gasteiger partial charge on any atom is 0.447 e. The van der Waals surface area contributed by atoms with Gasteiger partial charge in [0, 0.05) is 35.5 Å². The zero-order chi connectivity index (χ0) is 22.6. The van der Waals surface area contributed by atoms with E-state index < -0.39 is 5.51 Å². The molecule has 0 spiro atoms. The summed E-state index contributed by atoms with van der Waals surface area (Å²) in [7, 11) is 3.03. The number of thioether (sulfide) groups is 1. The number of carbonyl (C=O) groups excluding carboxylic acids is 1. The number of anilines is 1. The highest BCUT2D eigenvalue weighted by Crippen LogP contribution is 2.40. The molecule has 0 saturated heterocycles. The molecule has 0 radical (unpaired) electrons. The first kappa shape index (κ1) is 22.9. The van der Waals surface area contributed by atoms with Crippen molar-refractivity contribution in [1.82, 2.24) is 9.72 Å². The smallest absolute Gasteiger partial charge is 0.447 e. The molecule has 1 aromatic carbocycles. The molecular weight excluding hydrogens is 495 g/mol. The lowest BCUT2D eigenvalue weighted by Gasteiger charge is -2.11. The van der Waals surface area contributed by atoms with Crippen LogP contribution in [0.5, 0.6) is 5.75 Å². The molecule has 0 atom stereocenters. The first-order chi connectivity index (χ1) is 14.7. The number of ether oxygens (including phenoxy) is 1. The number of rotatable bonds is 5. The largest absolute Gasteiger partial charge is 0.497 e. The van der Waals surface area contributed by atoms with Crippen molar-refractivity contribution in [2.24, 2.45) is 0 Å². The molecule has 10 heteroatoms. The molecule has 0 saturated carbocycles. The molecule has 31 heavy (non-hydrogen) atoms. The van der Waals surface area contributed by atoms with Crippen molar-refractivity contribution in [2.45, 2.75) is 10.5 Å². The summed E-state index contributed by atoms with van der Waals surface area (Å²) in [5.74, 6) is 5.91. The normalized spacial score (nSPS) is 11.0. The van der Waals surface area contributed by atoms with Gasteiger partial charge in [0.15, 0.2) is 0 Å². The van der Waals surface area contributed by atoms with E-state index in [2.05, 4.69) is 38.4 Å². The summed E-state index contributed by atoms with van der Waals surface area (Å²) in [4.78, 5) is 12.1. The molecule has 0 bridgehead atoms. The highest BCUT2D eigenvalue weighted by molar-refractivity contribution is 9.10. The number of carbonyl (C=O) groups is 1. The van der Waals surface area contributed by atoms with Gasteiger partial charge in [-0.05, 0) is 46.3 Å². The van der Waals surface area contributed by atoms with Gasteiger partial charge in [-0.2, -0.15) is 13.2 Å². The zero-order valence-electron chi connectivity index (χ0n) is 16.4. The van der Waals surface area contributed by atoms with Gasteiger partial charge in [-0.15, -0.1) is 0 Å². The summed E-state index contributed by atoms with van der Waals surface area (Å²) in [6.45, 7) is 0.112. The van der Waals surface area contributed by atoms with E-state index in [1.807, 2.05) is 0 Å². The van der Waals surface area contributed by atoms with E-state index in [1.165, 1.54) is 18.6 Å². The predicted molar refractivity (Wildman–Crippen MR) is 119 cm³/mol. The molecule has 3 rings (SSSR count). The molecule has 0 aliphatic carbocycles. The van der Waals surface area contributed by atoms with Crippen molar-refractivity contribution >= 4 is 44.8 Å². The van der Waals surface area contributed by atoms with Crippen molar-refractivity contribution in [3.05, 3.63) is 58.2 Å². The first-order valence-corrected chi connectivity index (χ1v) is 10.5. The third-order valence-electron chi connectivity index (χ3n) is 4.21. The van der Waals surface area contributed by atoms with E-state index >= 15 is 0 Å². The van der Waals surface area contributed by atoms with Gasteiger partial charge < -0.3 is 19.8 Å². The molecule has 2 aromatic heterocycles. The van der Waals surface area contributed by atoms with E-state index in [1.54, 1.807) is 42.6 Å². The molecule has 2 heterocycles. The molecule has 0 unspecified atom stereocenters. The average Bonchev–Trinajstić information content (AvgIpc) is 3.07. The Morgan fingerprint density at radius 2 is 2.06 bits per heavy atom. The molecule has 3 aromatic rings. The Morgan fingerprint density at radius 1 is 1.29 bits per heavy atom. The fraction of sp³-hybridized carbons (Fsp3) is 0.190. The first-order valence-electron chi connectivity index (χ1n) is 8.91. The Morgan fingerprint density at radius 3 is 2.74 bits per heavy atom. The van der Waals surface area contributed by atoms with Crippen LogP contribution in [-0.2, 0) is 0 Å². The Hall–Kier alpha value is -2.77. The number of halogens is 4. The van der Waals surface area contributed by atoms with Gasteiger partial charge in [-0.25, -0.2) is 0 Å². The summed E-state index contributed by atoms with van der Waals surface area (Å²) in [6.07, 6.45) is 1.56. The summed E-state index contributed by atoms with van der Waals surface area (Å²) >= 11 is 3.15. The maximum absolute atomic E-state index is 13.1. The lowest BCUT2D eigenvalue weighted by molar-refractivity contribution is -0.0329. The van der Waals surface area contributed by atoms with Gasteiger partial charge in [-0.1, -0.05) is 11.8 Å². The number of nitrogens with zero attached hydrogens (tertiary/aromatic N) is 1. The van der Waals surface area contributed by atoms with Gasteiger partial charge in [0.2, 0.25) is 0 Å². The molecule has 162 valence electrons. The van der Waals surface area contributed by atoms with Crippen LogP contribution >= 0.6 is 27.7 Å². The number of methoxy groups -OCH3 is 1. The topological polar surface area (TPSA) is 54.8 Å². The minimum Gasteiger partial charge on any atom is -0.497 e. The van der Waals surface area contributed by atoms with Crippen LogP contribution in [-0.4, -0.2) is 36.5 Å². The van der Waals surface area contributed by atoms with Crippen LogP contribution in [0.1, 0.15) is 15.9 Å². The monoisotopic (exact) mass is 511 g/mol. The minimum absolute atomic E-state index is 0.0104. The van der Waals surface area contributed by atoms with E-state index in [0.717, 1.165) is 0 Å². The number of amides is 1. The van der Waals surface area contributed by atoms with Gasteiger partial charge in [0.25, 0.3) is 5.91 Å². The molecule has 1 amide bonds. The summed E-state index contributed by atoms with van der Waals surface area (Å²) < 4.78 is 46.6. The van der Waals surface area contributed by atoms with E-state index in [0.29, 0.717) is 27.0 Å². The standard InChI is InChI=1S/C21H17BrF3N3O2S/c1-26-19(29)15-8-7-14(30-2)12-17(15)27-9-3-5-13-11-18-16(22)6-4-10-28(18)20(13)31-21(23,24)25/h4,6-8,10-12,27H,9H2,1-2H3,(H,26,29). The van der Waals surface area contributed by atoms with Crippen molar-refractivity contribution < 1.29 is 22.7 Å². The van der Waals surface area contributed by atoms with Gasteiger partial charge in [0.1, 0.15) is 10.8 Å². The quantitative estimate of drug-likeness (QED) is 0.367. The Bertz CT molecular complexity index is 1180. The number of alkyl halides is 3. The lowest BCUT2D eigenvalue weighted by Crippen LogP contribution is -2.19. The Labute approximate surface area is 189 Å². The zero-order valence-corrected chi connectivity index (χ0v) is 18.8. The molecule has 0 aliphatic rings. The molecule has 5 nitrogen and oxygen atoms in total. The highest BCUT2D eigenvalue weighted by atomic mass is 79.9. The van der Waals surface area contributed by atoms with Gasteiger partial charge >= 0.3 is 5.51 Å². The lowest BCUT2D eigenvalue weighted by atomic mass is 10.1. The second-order valence-corrected chi connectivity index (χ2v) is 8.08. The van der Waals surface area contributed by atoms with Crippen molar-refractivity contribution in [2.75, 3.05) is 26.0 Å². The van der Waals surface area contributed by atoms with Gasteiger partial charge in [0.05, 0.1) is 36.0 Å². The van der Waals surface area contributed by atoms with Crippen molar-refractivity contribution in [3.8, 4) is 17.6 Å². The predicted octanol–water partition coefficient (Wildman–Crippen LogP) is 5.15. The second kappa shape index (κ2) is 9.58. The highest BCUT2D eigenvalue weighted by Gasteiger charge is 2.32. The number of nitrogens with one attached hydrogen (secondary N) is 2. The number of hydrogen-bond donors (Lipinski definition) is 2. The fourth-order valence-corrected chi connectivity index (χ4v) is 4.00. The van der Waals surface area contributed by atoms with E-state index in [4.69, 9.17) is 4.74 Å². The summed E-state index contributed by atoms with van der Waals surface area (Å²) in [5.41, 5.74) is -2.71. The number of fused-ring (bicyclic) bond motifs is 1. The molecule has 0 fully saturated rings. The van der Waals surface area contributed by atoms with E-state index in [-0.39, 0.29) is 34.8 Å². The molecule has 2 N–H and O–H groups in total. The van der Waals surface area contributed by atoms with Gasteiger partial charge in [-0.3, -0.25) is 4.79 Å². The van der Waals surface area contributed by atoms with Crippen LogP contribution in [0.2, 0.25) is 0 Å². The Kier molecular flexibility index (Phi) is 7.08. The minimum atomic E-state index is -4.45. The molecule has 0 aliphatic heterocycles. The van der Waals surface area contributed by atoms with Crippen molar-refractivity contribution in [3.63, 3.8) is 0 Å². The maximum atomic E-state index is 13.1. The van der Waals surface area contributed by atoms with Crippen molar-refractivity contribution in [1.29, 1.82) is 0 Å². The van der Waals surface area contributed by atoms with Crippen LogP contribution in [0.25, 0.3) is 5.52 Å². The number of hydrogen-bond acceptors (Lipinski definition) is 4. The van der Waals surface area contributed by atoms with Crippen LogP contribution in [0.3, 0.4) is 0 Å². The fourth-order valence-electron chi connectivity index (χ4n) is 2.85. The second-order valence-electron chi connectivity index (χ2n) is 6.17. The Balaban J connectivity index is 1.89. The third kappa shape index (κ3) is 5.48. The SMILES string of the molecule is CNC(=O)c1ccc(OC)cc1NCC#Cc1cc2c(Br)cccn2c1SC(F)(F)F. The summed E-state index contributed by atoms with van der Waals surface area (Å²) in [6, 6.07) is 9.93. The number of benzene rings is 1. The van der Waals surface area contributed by atoms with Crippen LogP contribution in [0, 0.1) is 11.8 Å². The van der Waals surface area contributed by atoms with Crippen LogP contribution in [0.4, 0.5) is 18.9 Å². The number of aromatic nitrogens is 1.